The lowest BCUT2D eigenvalue weighted by molar-refractivity contribution is 0.0977. The first-order valence-corrected chi connectivity index (χ1v) is 9.92. The molecule has 0 aromatic heterocycles. The van der Waals surface area contributed by atoms with E-state index >= 15 is 0 Å². The first kappa shape index (κ1) is 18.0. The van der Waals surface area contributed by atoms with E-state index in [-0.39, 0.29) is 10.8 Å². The van der Waals surface area contributed by atoms with Gasteiger partial charge in [-0.2, -0.15) is 4.31 Å². The molecule has 1 heterocycles. The van der Waals surface area contributed by atoms with Crippen LogP contribution in [0.2, 0.25) is 0 Å². The van der Waals surface area contributed by atoms with E-state index in [4.69, 9.17) is 0 Å². The third kappa shape index (κ3) is 3.94. The minimum atomic E-state index is -3.58. The lowest BCUT2D eigenvalue weighted by Gasteiger charge is -2.19. The van der Waals surface area contributed by atoms with Crippen LogP contribution in [0, 0.1) is 6.92 Å². The van der Waals surface area contributed by atoms with Crippen molar-refractivity contribution in [2.45, 2.75) is 25.7 Å². The highest BCUT2D eigenvalue weighted by Gasteiger charge is 2.24. The van der Waals surface area contributed by atoms with Gasteiger partial charge >= 0.3 is 0 Å². The second-order valence-electron chi connectivity index (χ2n) is 5.06. The summed E-state index contributed by atoms with van der Waals surface area (Å²) in [7, 11) is -3.58. The van der Waals surface area contributed by atoms with Crippen LogP contribution in [-0.4, -0.2) is 49.2 Å². The average Bonchev–Trinajstić information content (AvgIpc) is 3.01. The van der Waals surface area contributed by atoms with Gasteiger partial charge in [-0.1, -0.05) is 31.7 Å². The Morgan fingerprint density at radius 2 is 2.04 bits per heavy atom. The van der Waals surface area contributed by atoms with Crippen LogP contribution >= 0.6 is 11.8 Å². The molecule has 0 atom stereocenters. The van der Waals surface area contributed by atoms with E-state index in [0.29, 0.717) is 30.4 Å². The van der Waals surface area contributed by atoms with Crippen LogP contribution in [0.3, 0.4) is 0 Å². The van der Waals surface area contributed by atoms with Gasteiger partial charge < -0.3 is 5.32 Å². The largest absolute Gasteiger partial charge is 0.301 e. The molecule has 0 aliphatic carbocycles. The van der Waals surface area contributed by atoms with Crippen molar-refractivity contribution in [2.75, 3.05) is 25.4 Å². The molecule has 1 aliphatic heterocycles. The zero-order valence-corrected chi connectivity index (χ0v) is 15.1. The number of aliphatic imine (C=N–C) groups is 1. The number of nitrogens with zero attached hydrogens (tertiary/aromatic N) is 2. The summed E-state index contributed by atoms with van der Waals surface area (Å²) in [6.45, 7) is 6.84. The maximum Gasteiger partial charge on any atom is 0.257 e. The number of thioether (sulfide) groups is 1. The van der Waals surface area contributed by atoms with Crippen molar-refractivity contribution in [3.05, 3.63) is 29.3 Å². The van der Waals surface area contributed by atoms with Crippen molar-refractivity contribution >= 4 is 32.9 Å². The maximum atomic E-state index is 12.6. The van der Waals surface area contributed by atoms with Gasteiger partial charge in [0.25, 0.3) is 5.91 Å². The zero-order chi connectivity index (χ0) is 17.0. The first-order valence-electron chi connectivity index (χ1n) is 7.49. The number of aryl methyl sites for hydroxylation is 1. The fourth-order valence-electron chi connectivity index (χ4n) is 2.29. The van der Waals surface area contributed by atoms with E-state index in [1.165, 1.54) is 22.1 Å². The number of hydrogen-bond donors (Lipinski definition) is 1. The van der Waals surface area contributed by atoms with Crippen molar-refractivity contribution in [1.29, 1.82) is 0 Å². The van der Waals surface area contributed by atoms with Crippen LogP contribution in [0.5, 0.6) is 0 Å². The molecule has 0 spiro atoms. The second kappa shape index (κ2) is 7.46. The third-order valence-corrected chi connectivity index (χ3v) is 6.54. The Balaban J connectivity index is 2.33. The van der Waals surface area contributed by atoms with Crippen molar-refractivity contribution in [3.8, 4) is 0 Å². The molecule has 23 heavy (non-hydrogen) atoms. The minimum absolute atomic E-state index is 0.137. The van der Waals surface area contributed by atoms with E-state index in [9.17, 15) is 13.2 Å². The van der Waals surface area contributed by atoms with Crippen molar-refractivity contribution in [3.63, 3.8) is 0 Å². The molecule has 0 saturated carbocycles. The monoisotopic (exact) mass is 355 g/mol. The van der Waals surface area contributed by atoms with E-state index in [1.54, 1.807) is 32.9 Å². The van der Waals surface area contributed by atoms with Crippen LogP contribution in [0.15, 0.2) is 28.1 Å². The summed E-state index contributed by atoms with van der Waals surface area (Å²) in [5.41, 5.74) is 1.08. The summed E-state index contributed by atoms with van der Waals surface area (Å²) in [4.78, 5) is 16.7. The summed E-state index contributed by atoms with van der Waals surface area (Å²) in [6, 6.07) is 4.65. The van der Waals surface area contributed by atoms with Crippen molar-refractivity contribution in [1.82, 2.24) is 9.62 Å². The van der Waals surface area contributed by atoms with Gasteiger partial charge in [-0.05, 0) is 24.6 Å². The molecule has 1 N–H and O–H groups in total. The molecule has 0 fully saturated rings. The second-order valence-corrected chi connectivity index (χ2v) is 8.08. The predicted molar refractivity (Wildman–Crippen MR) is 93.5 cm³/mol. The smallest absolute Gasteiger partial charge is 0.257 e. The van der Waals surface area contributed by atoms with Gasteiger partial charge in [0.2, 0.25) is 10.0 Å². The predicted octanol–water partition coefficient (Wildman–Crippen LogP) is 1.86. The fraction of sp³-hybridized carbons (Fsp3) is 0.467. The van der Waals surface area contributed by atoms with Gasteiger partial charge in [0.15, 0.2) is 5.17 Å². The van der Waals surface area contributed by atoms with Gasteiger partial charge in [-0.25, -0.2) is 8.42 Å². The Hall–Kier alpha value is -1.38. The molecule has 0 unspecified atom stereocenters. The number of rotatable bonds is 5. The Kier molecular flexibility index (Phi) is 5.83. The van der Waals surface area contributed by atoms with Gasteiger partial charge in [-0.15, -0.1) is 0 Å². The van der Waals surface area contributed by atoms with Crippen LogP contribution in [0.25, 0.3) is 0 Å². The summed E-state index contributed by atoms with van der Waals surface area (Å²) in [6.07, 6.45) is 0. The lowest BCUT2D eigenvalue weighted by atomic mass is 10.1. The Morgan fingerprint density at radius 1 is 1.35 bits per heavy atom. The number of benzene rings is 1. The van der Waals surface area contributed by atoms with Gasteiger partial charge in [0.05, 0.1) is 11.4 Å². The highest BCUT2D eigenvalue weighted by atomic mass is 32.2. The molecule has 1 aromatic rings. The number of nitrogens with one attached hydrogen (secondary N) is 1. The normalized spacial score (nSPS) is 14.9. The van der Waals surface area contributed by atoms with Crippen LogP contribution in [-0.2, 0) is 10.0 Å². The molecule has 0 saturated heterocycles. The average molecular weight is 355 g/mol. The fourth-order valence-corrected chi connectivity index (χ4v) is 4.50. The van der Waals surface area contributed by atoms with E-state index in [1.807, 2.05) is 0 Å². The highest BCUT2D eigenvalue weighted by molar-refractivity contribution is 8.14. The first-order chi connectivity index (χ1) is 10.9. The quantitative estimate of drug-likeness (QED) is 0.874. The summed E-state index contributed by atoms with van der Waals surface area (Å²) in [5, 5.41) is 3.33. The molecule has 0 bridgehead atoms. The van der Waals surface area contributed by atoms with Gasteiger partial charge in [0, 0.05) is 24.4 Å². The van der Waals surface area contributed by atoms with E-state index in [0.717, 1.165) is 11.3 Å². The van der Waals surface area contributed by atoms with Crippen LogP contribution in [0.4, 0.5) is 0 Å². The van der Waals surface area contributed by atoms with Crippen LogP contribution < -0.4 is 5.32 Å². The molecular formula is C15H21N3O3S2. The third-order valence-electron chi connectivity index (χ3n) is 3.60. The van der Waals surface area contributed by atoms with Crippen LogP contribution in [0.1, 0.15) is 29.8 Å². The zero-order valence-electron chi connectivity index (χ0n) is 13.5. The number of hydrogen-bond acceptors (Lipinski definition) is 5. The van der Waals surface area contributed by atoms with Gasteiger partial charge in [0.1, 0.15) is 0 Å². The summed E-state index contributed by atoms with van der Waals surface area (Å²) in [5.74, 6) is 0.526. The number of carbonyl (C=O) groups is 1. The maximum absolute atomic E-state index is 12.6. The lowest BCUT2D eigenvalue weighted by Crippen LogP contribution is -2.31. The molecule has 1 aromatic carbocycles. The Labute approximate surface area is 141 Å². The SMILES string of the molecule is CCN(CC)S(=O)(=O)c1ccc(C)c(C(=O)NC2=NCCS2)c1. The molecule has 8 heteroatoms. The standard InChI is InChI=1S/C15H21N3O3S2/c1-4-18(5-2)23(20,21)12-7-6-11(3)13(10-12)14(19)17-15-16-8-9-22-15/h6-7,10H,4-5,8-9H2,1-3H3,(H,16,17,19). The summed E-state index contributed by atoms with van der Waals surface area (Å²) >= 11 is 1.48. The van der Waals surface area contributed by atoms with E-state index in [2.05, 4.69) is 10.3 Å². The van der Waals surface area contributed by atoms with Crippen molar-refractivity contribution < 1.29 is 13.2 Å². The van der Waals surface area contributed by atoms with E-state index < -0.39 is 10.0 Å². The van der Waals surface area contributed by atoms with Gasteiger partial charge in [-0.3, -0.25) is 9.79 Å². The number of amidine groups is 1. The molecular weight excluding hydrogens is 334 g/mol. The number of carbonyl (C=O) groups excluding carboxylic acids is 1. The molecule has 6 nitrogen and oxygen atoms in total. The molecule has 0 radical (unpaired) electrons. The number of amides is 1. The minimum Gasteiger partial charge on any atom is -0.301 e. The molecule has 2 rings (SSSR count). The number of sulfonamides is 1. The molecule has 1 aliphatic rings. The Morgan fingerprint density at radius 3 is 2.61 bits per heavy atom. The van der Waals surface area contributed by atoms with Crippen molar-refractivity contribution in [2.24, 2.45) is 4.99 Å². The highest BCUT2D eigenvalue weighted by Crippen LogP contribution is 2.20. The molecule has 126 valence electrons. The topological polar surface area (TPSA) is 78.8 Å². The molecule has 1 amide bonds. The summed E-state index contributed by atoms with van der Waals surface area (Å²) < 4.78 is 26.6. The Bertz CT molecular complexity index is 725.